The smallest absolute Gasteiger partial charge is 0.410 e. The summed E-state index contributed by atoms with van der Waals surface area (Å²) in [6.07, 6.45) is 11.7. The molecule has 3 aliphatic rings. The Kier molecular flexibility index (Phi) is 16.9. The summed E-state index contributed by atoms with van der Waals surface area (Å²) < 4.78 is 47.3. The SMILES string of the molecule is C.CC(C)(C)OC(=O)N1CCC(OS(C)(=O)=O)CC1.CC(C)(C)OC(=O)N1CCC(n2cnc3cccnc32)CC1.CC(C)(C)OC(=O)N1CCC(n2cnc3ncccc32)CC1. The largest absolute Gasteiger partial charge is 0.444 e. The summed E-state index contributed by atoms with van der Waals surface area (Å²) in [6, 6.07) is 8.51. The molecule has 3 aliphatic heterocycles. The lowest BCUT2D eigenvalue weighted by molar-refractivity contribution is 0.0130. The van der Waals surface area contributed by atoms with E-state index in [1.54, 1.807) is 27.1 Å². The molecule has 350 valence electrons. The molecule has 4 aromatic heterocycles. The van der Waals surface area contributed by atoms with Crippen molar-refractivity contribution < 1.29 is 41.2 Å². The highest BCUT2D eigenvalue weighted by Crippen LogP contribution is 2.28. The number of rotatable bonds is 4. The molecule has 63 heavy (non-hydrogen) atoms. The van der Waals surface area contributed by atoms with E-state index in [1.165, 1.54) is 0 Å². The van der Waals surface area contributed by atoms with Gasteiger partial charge in [0.25, 0.3) is 10.1 Å². The van der Waals surface area contributed by atoms with E-state index in [9.17, 15) is 22.8 Å². The van der Waals surface area contributed by atoms with Gasteiger partial charge in [0.2, 0.25) is 0 Å². The maximum absolute atomic E-state index is 12.1. The Morgan fingerprint density at radius 2 is 1.00 bits per heavy atom. The summed E-state index contributed by atoms with van der Waals surface area (Å²) >= 11 is 0. The molecule has 0 N–H and O–H groups in total. The Balaban J connectivity index is 0.000000207. The Hall–Kier alpha value is -5.04. The Labute approximate surface area is 372 Å². The molecule has 0 spiro atoms. The van der Waals surface area contributed by atoms with E-state index >= 15 is 0 Å². The molecule has 18 nitrogen and oxygen atoms in total. The van der Waals surface area contributed by atoms with Gasteiger partial charge in [-0.25, -0.2) is 34.3 Å². The third kappa shape index (κ3) is 15.6. The molecule has 7 heterocycles. The summed E-state index contributed by atoms with van der Waals surface area (Å²) in [5, 5.41) is 0. The minimum atomic E-state index is -3.42. The number of likely N-dealkylation sites (tertiary alicyclic amines) is 3. The van der Waals surface area contributed by atoms with Crippen LogP contribution in [0.15, 0.2) is 49.3 Å². The molecule has 3 fully saturated rings. The van der Waals surface area contributed by atoms with E-state index in [4.69, 9.17) is 18.4 Å². The zero-order valence-electron chi connectivity index (χ0n) is 37.9. The van der Waals surface area contributed by atoms with E-state index in [2.05, 4.69) is 29.1 Å². The molecule has 0 radical (unpaired) electrons. The number of hydrogen-bond donors (Lipinski definition) is 0. The number of pyridine rings is 2. The standard InChI is InChI=1S/2C16H22N4O2.C11H21NO5S.CH4/c1-16(2,3)22-15(21)19-9-6-12(7-10-19)20-11-18-14-13(20)5-4-8-17-14;1-16(2,3)22-15(21)19-9-6-12(7-10-19)20-11-18-13-5-4-8-17-14(13)20;1-11(2,3)16-10(13)12-7-5-9(6-8-12)17-18(4,14)15;/h2*4-5,8,11-12H,6-7,9-10H2,1-3H3;9H,5-8H2,1-4H3;1H4. The highest BCUT2D eigenvalue weighted by atomic mass is 32.2. The van der Waals surface area contributed by atoms with Crippen LogP contribution in [0.3, 0.4) is 0 Å². The molecule has 0 bridgehead atoms. The maximum Gasteiger partial charge on any atom is 0.410 e. The number of hydrogen-bond acceptors (Lipinski definition) is 13. The van der Waals surface area contributed by atoms with Crippen molar-refractivity contribution in [1.82, 2.24) is 43.8 Å². The molecule has 0 unspecified atom stereocenters. The fourth-order valence-electron chi connectivity index (χ4n) is 7.31. The first-order valence-electron chi connectivity index (χ1n) is 21.3. The Morgan fingerprint density at radius 1 is 0.587 bits per heavy atom. The molecule has 19 heteroatoms. The van der Waals surface area contributed by atoms with E-state index in [0.29, 0.717) is 64.2 Å². The molecular weight excluding hydrogens is 831 g/mol. The first-order valence-corrected chi connectivity index (χ1v) is 23.1. The van der Waals surface area contributed by atoms with E-state index < -0.39 is 26.9 Å². The van der Waals surface area contributed by atoms with Gasteiger partial charge in [-0.1, -0.05) is 7.43 Å². The number of fused-ring (bicyclic) bond motifs is 2. The van der Waals surface area contributed by atoms with Gasteiger partial charge >= 0.3 is 18.3 Å². The van der Waals surface area contributed by atoms with Crippen molar-refractivity contribution in [3.63, 3.8) is 0 Å². The number of aromatic nitrogens is 6. The molecular formula is C44H69N9O9S. The number of carbonyl (C=O) groups is 3. The summed E-state index contributed by atoms with van der Waals surface area (Å²) in [5.74, 6) is 0. The van der Waals surface area contributed by atoms with E-state index in [1.807, 2.05) is 99.2 Å². The minimum Gasteiger partial charge on any atom is -0.444 e. The van der Waals surface area contributed by atoms with Crippen molar-refractivity contribution >= 4 is 50.7 Å². The monoisotopic (exact) mass is 899 g/mol. The van der Waals surface area contributed by atoms with Crippen LogP contribution in [0.1, 0.15) is 120 Å². The lowest BCUT2D eigenvalue weighted by atomic mass is 10.1. The van der Waals surface area contributed by atoms with Crippen molar-refractivity contribution in [1.29, 1.82) is 0 Å². The van der Waals surface area contributed by atoms with Gasteiger partial charge in [0.05, 0.1) is 30.5 Å². The number of amides is 3. The lowest BCUT2D eigenvalue weighted by Gasteiger charge is -2.34. The zero-order chi connectivity index (χ0) is 45.5. The molecule has 0 aliphatic carbocycles. The van der Waals surface area contributed by atoms with Crippen LogP contribution >= 0.6 is 0 Å². The van der Waals surface area contributed by atoms with Crippen molar-refractivity contribution in [3.05, 3.63) is 49.3 Å². The maximum atomic E-state index is 12.1. The van der Waals surface area contributed by atoms with Gasteiger partial charge in [0.15, 0.2) is 11.3 Å². The number of piperidine rings is 3. The molecule has 0 atom stereocenters. The molecule has 3 amide bonds. The van der Waals surface area contributed by atoms with Crippen molar-refractivity contribution in [2.45, 2.75) is 143 Å². The van der Waals surface area contributed by atoms with Gasteiger partial charge in [-0.3, -0.25) is 4.18 Å². The van der Waals surface area contributed by atoms with Crippen LogP contribution in [0.2, 0.25) is 0 Å². The molecule has 0 aromatic carbocycles. The van der Waals surface area contributed by atoms with Crippen LogP contribution in [0.25, 0.3) is 22.3 Å². The van der Waals surface area contributed by atoms with Gasteiger partial charge < -0.3 is 38.0 Å². The normalized spacial score (nSPS) is 17.2. The average molecular weight is 900 g/mol. The van der Waals surface area contributed by atoms with Gasteiger partial charge in [0, 0.05) is 63.7 Å². The minimum absolute atomic E-state index is 0. The van der Waals surface area contributed by atoms with Crippen molar-refractivity contribution in [3.8, 4) is 0 Å². The fourth-order valence-corrected chi connectivity index (χ4v) is 8.00. The zero-order valence-corrected chi connectivity index (χ0v) is 38.8. The summed E-state index contributed by atoms with van der Waals surface area (Å²) in [6.45, 7) is 20.5. The highest BCUT2D eigenvalue weighted by Gasteiger charge is 2.31. The molecule has 3 saturated heterocycles. The number of nitrogens with zero attached hydrogens (tertiary/aromatic N) is 9. The summed E-state index contributed by atoms with van der Waals surface area (Å²) in [5.41, 5.74) is 2.25. The predicted molar refractivity (Wildman–Crippen MR) is 241 cm³/mol. The highest BCUT2D eigenvalue weighted by molar-refractivity contribution is 7.86. The van der Waals surface area contributed by atoms with Crippen LogP contribution in [-0.4, -0.2) is 139 Å². The second-order valence-corrected chi connectivity index (χ2v) is 20.5. The van der Waals surface area contributed by atoms with Crippen LogP contribution in [0, 0.1) is 0 Å². The quantitative estimate of drug-likeness (QED) is 0.141. The Morgan fingerprint density at radius 3 is 1.46 bits per heavy atom. The number of imidazole rings is 2. The van der Waals surface area contributed by atoms with Crippen molar-refractivity contribution in [2.75, 3.05) is 45.5 Å². The van der Waals surface area contributed by atoms with E-state index in [-0.39, 0.29) is 31.8 Å². The average Bonchev–Trinajstić information content (AvgIpc) is 3.81. The first kappa shape index (κ1) is 50.6. The van der Waals surface area contributed by atoms with Crippen LogP contribution < -0.4 is 0 Å². The second-order valence-electron chi connectivity index (χ2n) is 18.9. The molecule has 4 aromatic rings. The number of carbonyl (C=O) groups excluding carboxylic acids is 3. The van der Waals surface area contributed by atoms with Crippen LogP contribution in [-0.2, 0) is 28.5 Å². The third-order valence-corrected chi connectivity index (χ3v) is 10.7. The van der Waals surface area contributed by atoms with Crippen molar-refractivity contribution in [2.24, 2.45) is 0 Å². The van der Waals surface area contributed by atoms with Crippen LogP contribution in [0.5, 0.6) is 0 Å². The van der Waals surface area contributed by atoms with Gasteiger partial charge in [-0.2, -0.15) is 8.42 Å². The summed E-state index contributed by atoms with van der Waals surface area (Å²) in [4.78, 5) is 58.5. The van der Waals surface area contributed by atoms with Gasteiger partial charge in [0.1, 0.15) is 22.3 Å². The topological polar surface area (TPSA) is 193 Å². The summed E-state index contributed by atoms with van der Waals surface area (Å²) in [7, 11) is -3.42. The second kappa shape index (κ2) is 21.1. The lowest BCUT2D eigenvalue weighted by Crippen LogP contribution is -2.43. The molecule has 0 saturated carbocycles. The number of ether oxygens (including phenoxy) is 3. The molecule has 7 rings (SSSR count). The third-order valence-electron chi connectivity index (χ3n) is 10.1. The first-order chi connectivity index (χ1) is 28.9. The Bertz CT molecular complexity index is 2100. The van der Waals surface area contributed by atoms with Crippen LogP contribution in [0.4, 0.5) is 14.4 Å². The van der Waals surface area contributed by atoms with Gasteiger partial charge in [-0.15, -0.1) is 0 Å². The van der Waals surface area contributed by atoms with Gasteiger partial charge in [-0.05, 0) is 125 Å². The van der Waals surface area contributed by atoms with E-state index in [0.717, 1.165) is 54.3 Å². The predicted octanol–water partition coefficient (Wildman–Crippen LogP) is 8.00. The fraction of sp³-hybridized carbons (Fsp3) is 0.659.